The van der Waals surface area contributed by atoms with Gasteiger partial charge in [-0.1, -0.05) is 0 Å². The van der Waals surface area contributed by atoms with Gasteiger partial charge in [-0.2, -0.15) is 0 Å². The molecule has 6 nitrogen and oxygen atoms in total. The van der Waals surface area contributed by atoms with Gasteiger partial charge in [0.1, 0.15) is 0 Å². The number of aliphatic imine (C=N–C) groups is 3. The van der Waals surface area contributed by atoms with E-state index in [1.807, 2.05) is 0 Å². The molecule has 6 heteroatoms. The molecule has 1 fully saturated rings. The van der Waals surface area contributed by atoms with Gasteiger partial charge < -0.3 is 11.1 Å². The van der Waals surface area contributed by atoms with Crippen LogP contribution in [0.25, 0.3) is 0 Å². The van der Waals surface area contributed by atoms with Crippen LogP contribution in [0.15, 0.2) is 50.3 Å². The first-order valence-corrected chi connectivity index (χ1v) is 9.52. The molecule has 5 heterocycles. The molecular formula is C20H23N5O. The second-order valence-corrected chi connectivity index (χ2v) is 7.77. The maximum atomic E-state index is 12.4. The predicted molar refractivity (Wildman–Crippen MR) is 102 cm³/mol. The van der Waals surface area contributed by atoms with E-state index >= 15 is 0 Å². The lowest BCUT2D eigenvalue weighted by molar-refractivity contribution is -0.123. The van der Waals surface area contributed by atoms with Crippen molar-refractivity contribution in [1.82, 2.24) is 5.32 Å². The zero-order valence-electron chi connectivity index (χ0n) is 14.8. The van der Waals surface area contributed by atoms with Crippen molar-refractivity contribution in [2.45, 2.75) is 62.9 Å². The summed E-state index contributed by atoms with van der Waals surface area (Å²) in [7, 11) is 0. The van der Waals surface area contributed by atoms with E-state index in [2.05, 4.69) is 23.5 Å². The second kappa shape index (κ2) is 5.76. The van der Waals surface area contributed by atoms with Crippen molar-refractivity contribution in [3.8, 4) is 0 Å². The summed E-state index contributed by atoms with van der Waals surface area (Å²) in [5.41, 5.74) is 11.5. The molecule has 0 aliphatic carbocycles. The molecule has 2 atom stereocenters. The first-order chi connectivity index (χ1) is 12.6. The molecule has 5 aliphatic rings. The van der Waals surface area contributed by atoms with E-state index in [1.54, 1.807) is 0 Å². The number of nitrogens with one attached hydrogen (secondary N) is 1. The van der Waals surface area contributed by atoms with E-state index in [0.29, 0.717) is 6.42 Å². The number of carbonyl (C=O) groups is 1. The Kier molecular flexibility index (Phi) is 3.48. The number of hydrogen-bond acceptors (Lipinski definition) is 5. The summed E-state index contributed by atoms with van der Waals surface area (Å²) in [4.78, 5) is 26.8. The highest BCUT2D eigenvalue weighted by Crippen LogP contribution is 2.37. The number of fused-ring (bicyclic) bond motifs is 6. The first kappa shape index (κ1) is 15.7. The van der Waals surface area contributed by atoms with Crippen molar-refractivity contribution in [1.29, 1.82) is 0 Å². The average molecular weight is 349 g/mol. The van der Waals surface area contributed by atoms with Crippen LogP contribution in [0.3, 0.4) is 0 Å². The Bertz CT molecular complexity index is 873. The highest BCUT2D eigenvalue weighted by Gasteiger charge is 2.48. The summed E-state index contributed by atoms with van der Waals surface area (Å²) < 4.78 is 0. The minimum absolute atomic E-state index is 0.150. The summed E-state index contributed by atoms with van der Waals surface area (Å²) >= 11 is 0. The van der Waals surface area contributed by atoms with E-state index in [1.165, 1.54) is 5.70 Å². The molecule has 0 radical (unpaired) electrons. The summed E-state index contributed by atoms with van der Waals surface area (Å²) in [6, 6.07) is -0.150. The number of rotatable bonds is 1. The standard InChI is InChI=1S/C20H23N5O/c21-19(26)20-8-7-17(25-20)11-15-4-3-13(23-15)9-12-1-2-14(22-12)10-16-5-6-18(20)24-16/h9-11,18,23H,1-8H2,(H2,21,26). The summed E-state index contributed by atoms with van der Waals surface area (Å²) in [6.07, 6.45) is 13.4. The Balaban J connectivity index is 1.62. The molecular weight excluding hydrogens is 326 g/mol. The molecule has 1 amide bonds. The number of nitrogens with two attached hydrogens (primary N) is 1. The third-order valence-electron chi connectivity index (χ3n) is 6.00. The third kappa shape index (κ3) is 2.55. The van der Waals surface area contributed by atoms with Crippen molar-refractivity contribution >= 4 is 23.0 Å². The number of nitrogens with zero attached hydrogens (tertiary/aromatic N) is 3. The fraction of sp³-hybridized carbons (Fsp3) is 0.500. The smallest absolute Gasteiger partial charge is 0.247 e. The Morgan fingerprint density at radius 3 is 2.62 bits per heavy atom. The van der Waals surface area contributed by atoms with Crippen molar-refractivity contribution < 1.29 is 4.79 Å². The number of hydrogen-bond donors (Lipinski definition) is 2. The number of primary amides is 1. The molecule has 1 saturated heterocycles. The topological polar surface area (TPSA) is 92.2 Å². The minimum Gasteiger partial charge on any atom is -0.367 e. The zero-order valence-corrected chi connectivity index (χ0v) is 14.8. The Morgan fingerprint density at radius 2 is 1.81 bits per heavy atom. The maximum absolute atomic E-state index is 12.4. The van der Waals surface area contributed by atoms with Crippen LogP contribution < -0.4 is 11.1 Å². The Hall–Kier alpha value is -2.50. The van der Waals surface area contributed by atoms with Crippen molar-refractivity contribution in [2.24, 2.45) is 20.7 Å². The monoisotopic (exact) mass is 349 g/mol. The number of allylic oxidation sites excluding steroid dienone is 6. The van der Waals surface area contributed by atoms with Crippen LogP contribution >= 0.6 is 0 Å². The summed E-state index contributed by atoms with van der Waals surface area (Å²) in [6.45, 7) is 0. The zero-order chi connectivity index (χ0) is 17.7. The van der Waals surface area contributed by atoms with Gasteiger partial charge >= 0.3 is 0 Å². The van der Waals surface area contributed by atoms with Gasteiger partial charge in [0.05, 0.1) is 6.04 Å². The van der Waals surface area contributed by atoms with E-state index < -0.39 is 5.54 Å². The average Bonchev–Trinajstić information content (AvgIpc) is 3.36. The van der Waals surface area contributed by atoms with Crippen LogP contribution in [0.2, 0.25) is 0 Å². The van der Waals surface area contributed by atoms with Gasteiger partial charge in [0.15, 0.2) is 5.54 Å². The van der Waals surface area contributed by atoms with Gasteiger partial charge in [-0.3, -0.25) is 19.8 Å². The van der Waals surface area contributed by atoms with Crippen LogP contribution in [-0.2, 0) is 4.79 Å². The van der Waals surface area contributed by atoms with Gasteiger partial charge in [0.2, 0.25) is 5.91 Å². The first-order valence-electron chi connectivity index (χ1n) is 9.52. The fourth-order valence-electron chi connectivity index (χ4n) is 4.62. The van der Waals surface area contributed by atoms with Crippen molar-refractivity contribution in [3.05, 3.63) is 35.3 Å². The molecule has 5 aliphatic heterocycles. The van der Waals surface area contributed by atoms with Gasteiger partial charge in [-0.05, 0) is 69.6 Å². The minimum atomic E-state index is -0.881. The molecule has 26 heavy (non-hydrogen) atoms. The van der Waals surface area contributed by atoms with Gasteiger partial charge in [-0.15, -0.1) is 0 Å². The van der Waals surface area contributed by atoms with Crippen LogP contribution in [0.5, 0.6) is 0 Å². The van der Waals surface area contributed by atoms with Crippen LogP contribution in [0, 0.1) is 0 Å². The molecule has 0 aromatic heterocycles. The molecule has 0 spiro atoms. The van der Waals surface area contributed by atoms with Gasteiger partial charge in [0, 0.05) is 34.2 Å². The van der Waals surface area contributed by atoms with Crippen LogP contribution in [0.4, 0.5) is 0 Å². The number of carbonyl (C=O) groups excluding carboxylic acids is 1. The van der Waals surface area contributed by atoms with E-state index in [0.717, 1.165) is 73.5 Å². The van der Waals surface area contributed by atoms with Crippen LogP contribution in [-0.4, -0.2) is 34.6 Å². The Labute approximate surface area is 152 Å². The molecule has 0 aromatic carbocycles. The molecule has 8 bridgehead atoms. The van der Waals surface area contributed by atoms with E-state index in [-0.39, 0.29) is 11.9 Å². The normalized spacial score (nSPS) is 32.4. The highest BCUT2D eigenvalue weighted by molar-refractivity contribution is 6.04. The fourth-order valence-corrected chi connectivity index (χ4v) is 4.62. The van der Waals surface area contributed by atoms with Crippen molar-refractivity contribution in [3.63, 3.8) is 0 Å². The quantitative estimate of drug-likeness (QED) is 0.760. The van der Waals surface area contributed by atoms with Gasteiger partial charge in [0.25, 0.3) is 0 Å². The predicted octanol–water partition coefficient (Wildman–Crippen LogP) is 2.33. The van der Waals surface area contributed by atoms with Crippen LogP contribution in [0.1, 0.15) is 51.4 Å². The maximum Gasteiger partial charge on any atom is 0.247 e. The second-order valence-electron chi connectivity index (χ2n) is 7.77. The molecule has 0 saturated carbocycles. The molecule has 134 valence electrons. The molecule has 2 unspecified atom stereocenters. The molecule has 3 N–H and O–H groups in total. The van der Waals surface area contributed by atoms with Gasteiger partial charge in [-0.25, -0.2) is 0 Å². The molecule has 5 rings (SSSR count). The number of amides is 1. The summed E-state index contributed by atoms with van der Waals surface area (Å²) in [5, 5.41) is 3.50. The van der Waals surface area contributed by atoms with E-state index in [4.69, 9.17) is 20.7 Å². The Morgan fingerprint density at radius 1 is 1.00 bits per heavy atom. The SMILES string of the molecule is NC(=O)C12CCC(=N1)C=C1CCC(=CC3=NC(=CC4=NC2CC4)CC3)N1. The third-order valence-corrected chi connectivity index (χ3v) is 6.00. The summed E-state index contributed by atoms with van der Waals surface area (Å²) in [5.74, 6) is -0.348. The highest BCUT2D eigenvalue weighted by atomic mass is 16.1. The van der Waals surface area contributed by atoms with E-state index in [9.17, 15) is 4.79 Å². The lowest BCUT2D eigenvalue weighted by atomic mass is 9.86. The lowest BCUT2D eigenvalue weighted by Gasteiger charge is -2.26. The molecule has 0 aromatic rings. The van der Waals surface area contributed by atoms with Crippen molar-refractivity contribution in [2.75, 3.05) is 0 Å². The lowest BCUT2D eigenvalue weighted by Crippen LogP contribution is -2.48. The largest absolute Gasteiger partial charge is 0.367 e.